The van der Waals surface area contributed by atoms with Gasteiger partial charge in [-0.3, -0.25) is 5.32 Å². The number of primary amides is 1. The lowest BCUT2D eigenvalue weighted by Gasteiger charge is -2.35. The number of hydrogen-bond acceptors (Lipinski definition) is 4. The van der Waals surface area contributed by atoms with Gasteiger partial charge >= 0.3 is 6.09 Å². The Bertz CT molecular complexity index is 433. The van der Waals surface area contributed by atoms with Gasteiger partial charge in [0.25, 0.3) is 0 Å². The standard InChI is InChI=1S/C11H14N2O3/c1-11(16-10(12)15)9-6-8(14)3-2-7(9)4-5-13-11/h2-3,6,13-14H,4-5H2,1H3,(H2,12,15). The quantitative estimate of drug-likeness (QED) is 0.656. The first kappa shape index (κ1) is 10.8. The van der Waals surface area contributed by atoms with E-state index in [1.807, 2.05) is 6.07 Å². The van der Waals surface area contributed by atoms with Crippen LogP contribution in [0.1, 0.15) is 18.1 Å². The molecule has 1 aromatic rings. The summed E-state index contributed by atoms with van der Waals surface area (Å²) in [6.45, 7) is 2.41. The number of carbonyl (C=O) groups is 1. The van der Waals surface area contributed by atoms with E-state index in [1.165, 1.54) is 0 Å². The zero-order valence-electron chi connectivity index (χ0n) is 8.99. The van der Waals surface area contributed by atoms with Gasteiger partial charge < -0.3 is 15.6 Å². The Kier molecular flexibility index (Phi) is 2.47. The highest BCUT2D eigenvalue weighted by Crippen LogP contribution is 2.31. The number of phenols is 1. The number of nitrogens with one attached hydrogen (secondary N) is 1. The predicted octanol–water partition coefficient (Wildman–Crippen LogP) is 0.806. The lowest BCUT2D eigenvalue weighted by Crippen LogP contribution is -2.49. The molecule has 0 saturated heterocycles. The van der Waals surface area contributed by atoms with Gasteiger partial charge in [0.15, 0.2) is 5.72 Å². The molecule has 1 aromatic carbocycles. The third-order valence-corrected chi connectivity index (χ3v) is 2.77. The third kappa shape index (κ3) is 1.81. The average Bonchev–Trinajstić information content (AvgIpc) is 2.18. The number of carbonyl (C=O) groups excluding carboxylic acids is 1. The van der Waals surface area contributed by atoms with Crippen LogP contribution in [-0.2, 0) is 16.9 Å². The molecule has 16 heavy (non-hydrogen) atoms. The zero-order chi connectivity index (χ0) is 11.8. The van der Waals surface area contributed by atoms with E-state index in [2.05, 4.69) is 5.32 Å². The molecule has 1 aliphatic rings. The van der Waals surface area contributed by atoms with Gasteiger partial charge in [0.05, 0.1) is 0 Å². The van der Waals surface area contributed by atoms with Crippen molar-refractivity contribution < 1.29 is 14.6 Å². The number of hydrogen-bond donors (Lipinski definition) is 3. The lowest BCUT2D eigenvalue weighted by atomic mass is 9.92. The molecule has 0 fully saturated rings. The molecular formula is C11H14N2O3. The van der Waals surface area contributed by atoms with E-state index in [4.69, 9.17) is 10.5 Å². The fraction of sp³-hybridized carbons (Fsp3) is 0.364. The van der Waals surface area contributed by atoms with Gasteiger partial charge in [-0.25, -0.2) is 4.79 Å². The van der Waals surface area contributed by atoms with Crippen molar-refractivity contribution in [3.05, 3.63) is 29.3 Å². The Morgan fingerprint density at radius 3 is 3.06 bits per heavy atom. The molecule has 0 aromatic heterocycles. The van der Waals surface area contributed by atoms with Gasteiger partial charge in [-0.1, -0.05) is 6.07 Å². The van der Waals surface area contributed by atoms with E-state index in [0.717, 1.165) is 17.5 Å². The van der Waals surface area contributed by atoms with Crippen LogP contribution >= 0.6 is 0 Å². The number of ether oxygens (including phenoxy) is 1. The van der Waals surface area contributed by atoms with Crippen molar-refractivity contribution in [1.29, 1.82) is 0 Å². The van der Waals surface area contributed by atoms with Gasteiger partial charge in [0.1, 0.15) is 5.75 Å². The number of benzene rings is 1. The topological polar surface area (TPSA) is 84.6 Å². The van der Waals surface area contributed by atoms with Crippen molar-refractivity contribution in [1.82, 2.24) is 5.32 Å². The van der Waals surface area contributed by atoms with Gasteiger partial charge in [-0.05, 0) is 31.0 Å². The molecule has 1 heterocycles. The molecule has 1 amide bonds. The van der Waals surface area contributed by atoms with Crippen LogP contribution in [0.3, 0.4) is 0 Å². The summed E-state index contributed by atoms with van der Waals surface area (Å²) in [6, 6.07) is 5.04. The maximum absolute atomic E-state index is 10.9. The Labute approximate surface area is 93.2 Å². The summed E-state index contributed by atoms with van der Waals surface area (Å²) in [5, 5.41) is 12.5. The minimum atomic E-state index is -0.960. The number of nitrogens with two attached hydrogens (primary N) is 1. The van der Waals surface area contributed by atoms with Gasteiger partial charge in [-0.15, -0.1) is 0 Å². The molecule has 86 valence electrons. The van der Waals surface area contributed by atoms with Crippen molar-refractivity contribution in [3.8, 4) is 5.75 Å². The largest absolute Gasteiger partial charge is 0.508 e. The van der Waals surface area contributed by atoms with Crippen molar-refractivity contribution in [2.45, 2.75) is 19.1 Å². The second kappa shape index (κ2) is 3.68. The monoisotopic (exact) mass is 222 g/mol. The SMILES string of the molecule is CC1(OC(N)=O)NCCc2ccc(O)cc21. The number of phenolic OH excluding ortho intramolecular Hbond substituents is 1. The summed E-state index contributed by atoms with van der Waals surface area (Å²) in [5.41, 5.74) is 5.87. The normalized spacial score (nSPS) is 23.6. The van der Waals surface area contributed by atoms with E-state index in [9.17, 15) is 9.90 Å². The Hall–Kier alpha value is -1.75. The van der Waals surface area contributed by atoms with E-state index in [-0.39, 0.29) is 5.75 Å². The maximum Gasteiger partial charge on any atom is 0.406 e. The number of rotatable bonds is 1. The molecule has 1 aliphatic heterocycles. The fourth-order valence-corrected chi connectivity index (χ4v) is 2.05. The van der Waals surface area contributed by atoms with Crippen LogP contribution in [0, 0.1) is 0 Å². The molecular weight excluding hydrogens is 208 g/mol. The van der Waals surface area contributed by atoms with Crippen LogP contribution in [0.2, 0.25) is 0 Å². The minimum Gasteiger partial charge on any atom is -0.508 e. The Balaban J connectivity index is 2.45. The second-order valence-electron chi connectivity index (χ2n) is 3.97. The maximum atomic E-state index is 10.9. The van der Waals surface area contributed by atoms with Crippen LogP contribution in [0.15, 0.2) is 18.2 Å². The van der Waals surface area contributed by atoms with Crippen LogP contribution in [0.25, 0.3) is 0 Å². The molecule has 0 radical (unpaired) electrons. The smallest absolute Gasteiger partial charge is 0.406 e. The molecule has 4 N–H and O–H groups in total. The van der Waals surface area contributed by atoms with E-state index in [0.29, 0.717) is 6.54 Å². The molecule has 0 bridgehead atoms. The summed E-state index contributed by atoms with van der Waals surface area (Å²) in [5.74, 6) is 0.141. The number of fused-ring (bicyclic) bond motifs is 1. The molecule has 1 unspecified atom stereocenters. The highest BCUT2D eigenvalue weighted by atomic mass is 16.6. The van der Waals surface area contributed by atoms with E-state index in [1.54, 1.807) is 19.1 Å². The van der Waals surface area contributed by atoms with Crippen LogP contribution < -0.4 is 11.1 Å². The molecule has 2 rings (SSSR count). The molecule has 0 aliphatic carbocycles. The summed E-state index contributed by atoms with van der Waals surface area (Å²) < 4.78 is 5.08. The highest BCUT2D eigenvalue weighted by Gasteiger charge is 2.35. The highest BCUT2D eigenvalue weighted by molar-refractivity contribution is 5.65. The van der Waals surface area contributed by atoms with Crippen LogP contribution in [0.4, 0.5) is 4.79 Å². The molecule has 1 atom stereocenters. The Morgan fingerprint density at radius 1 is 1.62 bits per heavy atom. The molecule has 0 saturated carbocycles. The summed E-state index contributed by atoms with van der Waals surface area (Å²) in [6.07, 6.45) is -0.0148. The van der Waals surface area contributed by atoms with Gasteiger partial charge in [0, 0.05) is 12.1 Å². The first-order valence-corrected chi connectivity index (χ1v) is 5.07. The van der Waals surface area contributed by atoms with Crippen LogP contribution in [-0.4, -0.2) is 17.7 Å². The average molecular weight is 222 g/mol. The lowest BCUT2D eigenvalue weighted by molar-refractivity contribution is -0.00526. The minimum absolute atomic E-state index is 0.141. The molecule has 5 nitrogen and oxygen atoms in total. The van der Waals surface area contributed by atoms with E-state index >= 15 is 0 Å². The first-order valence-electron chi connectivity index (χ1n) is 5.07. The van der Waals surface area contributed by atoms with Crippen molar-refractivity contribution in [2.24, 2.45) is 5.73 Å². The first-order chi connectivity index (χ1) is 7.51. The fourth-order valence-electron chi connectivity index (χ4n) is 2.05. The second-order valence-corrected chi connectivity index (χ2v) is 3.97. The number of aromatic hydroxyl groups is 1. The summed E-state index contributed by atoms with van der Waals surface area (Å²) in [7, 11) is 0. The van der Waals surface area contributed by atoms with Crippen molar-refractivity contribution >= 4 is 6.09 Å². The number of amides is 1. The van der Waals surface area contributed by atoms with Crippen molar-refractivity contribution in [3.63, 3.8) is 0 Å². The van der Waals surface area contributed by atoms with Gasteiger partial charge in [-0.2, -0.15) is 0 Å². The van der Waals surface area contributed by atoms with Gasteiger partial charge in [0.2, 0.25) is 0 Å². The predicted molar refractivity (Wildman–Crippen MR) is 57.8 cm³/mol. The van der Waals surface area contributed by atoms with Crippen LogP contribution in [0.5, 0.6) is 5.75 Å². The zero-order valence-corrected chi connectivity index (χ0v) is 8.99. The molecule has 0 spiro atoms. The third-order valence-electron chi connectivity index (χ3n) is 2.77. The van der Waals surface area contributed by atoms with Crippen molar-refractivity contribution in [2.75, 3.05) is 6.54 Å². The summed E-state index contributed by atoms with van der Waals surface area (Å²) in [4.78, 5) is 10.9. The van der Waals surface area contributed by atoms with E-state index < -0.39 is 11.8 Å². The molecule has 5 heteroatoms. The summed E-state index contributed by atoms with van der Waals surface area (Å²) >= 11 is 0. The Morgan fingerprint density at radius 2 is 2.38 bits per heavy atom.